The molecule has 0 radical (unpaired) electrons. The maximum absolute atomic E-state index is 5.48. The summed E-state index contributed by atoms with van der Waals surface area (Å²) in [5.74, 6) is 0.803. The van der Waals surface area contributed by atoms with E-state index in [0.717, 1.165) is 18.0 Å². The standard InChI is InChI=1S/C11H16N2O/c1-4-10-5-6-11(9-12-10)14-8-7-13(2)3/h4-6,9H,1,7-8H2,2-3H3. The molecule has 1 aromatic heterocycles. The summed E-state index contributed by atoms with van der Waals surface area (Å²) in [6.45, 7) is 5.22. The van der Waals surface area contributed by atoms with Gasteiger partial charge in [-0.25, -0.2) is 0 Å². The summed E-state index contributed by atoms with van der Waals surface area (Å²) >= 11 is 0. The van der Waals surface area contributed by atoms with Gasteiger partial charge in [0.15, 0.2) is 0 Å². The Labute approximate surface area is 85.0 Å². The fraction of sp³-hybridized carbons (Fsp3) is 0.364. The van der Waals surface area contributed by atoms with Crippen molar-refractivity contribution in [3.8, 4) is 5.75 Å². The number of rotatable bonds is 5. The molecular weight excluding hydrogens is 176 g/mol. The number of hydrogen-bond acceptors (Lipinski definition) is 3. The van der Waals surface area contributed by atoms with E-state index in [0.29, 0.717) is 6.61 Å². The van der Waals surface area contributed by atoms with Crippen molar-refractivity contribution >= 4 is 6.08 Å². The molecule has 0 unspecified atom stereocenters. The Kier molecular flexibility index (Phi) is 4.13. The summed E-state index contributed by atoms with van der Waals surface area (Å²) in [7, 11) is 4.03. The number of aromatic nitrogens is 1. The van der Waals surface area contributed by atoms with Crippen LogP contribution in [0.15, 0.2) is 24.9 Å². The molecular formula is C11H16N2O. The van der Waals surface area contributed by atoms with E-state index in [4.69, 9.17) is 4.74 Å². The Morgan fingerprint density at radius 2 is 2.29 bits per heavy atom. The van der Waals surface area contributed by atoms with E-state index in [1.165, 1.54) is 0 Å². The number of pyridine rings is 1. The normalized spacial score (nSPS) is 10.2. The summed E-state index contributed by atoms with van der Waals surface area (Å²) in [6, 6.07) is 3.79. The molecule has 76 valence electrons. The minimum absolute atomic E-state index is 0.683. The first-order valence-electron chi connectivity index (χ1n) is 4.58. The lowest BCUT2D eigenvalue weighted by Crippen LogP contribution is -2.19. The van der Waals surface area contributed by atoms with Crippen LogP contribution in [0.1, 0.15) is 5.69 Å². The Hall–Kier alpha value is -1.35. The number of likely N-dealkylation sites (N-methyl/N-ethyl adjacent to an activating group) is 1. The highest BCUT2D eigenvalue weighted by molar-refractivity contribution is 5.42. The monoisotopic (exact) mass is 192 g/mol. The van der Waals surface area contributed by atoms with Crippen LogP contribution < -0.4 is 4.74 Å². The van der Waals surface area contributed by atoms with Crippen LogP contribution in [0.4, 0.5) is 0 Å². The Bertz CT molecular complexity index is 280. The van der Waals surface area contributed by atoms with E-state index in [2.05, 4.69) is 16.5 Å². The highest BCUT2D eigenvalue weighted by Gasteiger charge is 1.95. The minimum Gasteiger partial charge on any atom is -0.491 e. The molecule has 0 bridgehead atoms. The largest absolute Gasteiger partial charge is 0.491 e. The van der Waals surface area contributed by atoms with E-state index >= 15 is 0 Å². The Morgan fingerprint density at radius 1 is 1.50 bits per heavy atom. The summed E-state index contributed by atoms with van der Waals surface area (Å²) in [4.78, 5) is 6.21. The van der Waals surface area contributed by atoms with Crippen molar-refractivity contribution in [1.29, 1.82) is 0 Å². The summed E-state index contributed by atoms with van der Waals surface area (Å²) in [5, 5.41) is 0. The van der Waals surface area contributed by atoms with Crippen molar-refractivity contribution in [2.75, 3.05) is 27.2 Å². The molecule has 0 spiro atoms. The predicted octanol–water partition coefficient (Wildman–Crippen LogP) is 1.67. The van der Waals surface area contributed by atoms with Crippen LogP contribution in [-0.2, 0) is 0 Å². The first kappa shape index (κ1) is 10.7. The zero-order chi connectivity index (χ0) is 10.4. The molecule has 0 saturated heterocycles. The third-order valence-electron chi connectivity index (χ3n) is 1.78. The van der Waals surface area contributed by atoms with Gasteiger partial charge >= 0.3 is 0 Å². The molecule has 14 heavy (non-hydrogen) atoms. The van der Waals surface area contributed by atoms with Gasteiger partial charge in [0.25, 0.3) is 0 Å². The van der Waals surface area contributed by atoms with Crippen LogP contribution in [-0.4, -0.2) is 37.1 Å². The maximum atomic E-state index is 5.48. The summed E-state index contributed by atoms with van der Waals surface area (Å²) in [6.07, 6.45) is 3.43. The fourth-order valence-electron chi connectivity index (χ4n) is 0.944. The van der Waals surface area contributed by atoms with Gasteiger partial charge in [-0.3, -0.25) is 4.98 Å². The van der Waals surface area contributed by atoms with Crippen LogP contribution in [0.25, 0.3) is 6.08 Å². The smallest absolute Gasteiger partial charge is 0.137 e. The number of ether oxygens (including phenoxy) is 1. The molecule has 1 aromatic rings. The van der Waals surface area contributed by atoms with Crippen LogP contribution in [0.5, 0.6) is 5.75 Å². The lowest BCUT2D eigenvalue weighted by Gasteiger charge is -2.10. The van der Waals surface area contributed by atoms with Crippen LogP contribution in [0.3, 0.4) is 0 Å². The van der Waals surface area contributed by atoms with Crippen molar-refractivity contribution in [1.82, 2.24) is 9.88 Å². The molecule has 0 N–H and O–H groups in total. The van der Waals surface area contributed by atoms with E-state index < -0.39 is 0 Å². The molecule has 1 rings (SSSR count). The van der Waals surface area contributed by atoms with Gasteiger partial charge in [-0.15, -0.1) is 0 Å². The van der Waals surface area contributed by atoms with E-state index in [-0.39, 0.29) is 0 Å². The Morgan fingerprint density at radius 3 is 2.79 bits per heavy atom. The zero-order valence-electron chi connectivity index (χ0n) is 8.73. The van der Waals surface area contributed by atoms with Crippen molar-refractivity contribution in [3.63, 3.8) is 0 Å². The van der Waals surface area contributed by atoms with Crippen LogP contribution in [0, 0.1) is 0 Å². The summed E-state index contributed by atoms with van der Waals surface area (Å²) < 4.78 is 5.48. The second kappa shape index (κ2) is 5.40. The van der Waals surface area contributed by atoms with Crippen molar-refractivity contribution in [2.45, 2.75) is 0 Å². The lowest BCUT2D eigenvalue weighted by atomic mass is 10.3. The van der Waals surface area contributed by atoms with Crippen LogP contribution in [0.2, 0.25) is 0 Å². The second-order valence-electron chi connectivity index (χ2n) is 3.27. The zero-order valence-corrected chi connectivity index (χ0v) is 8.73. The number of nitrogens with zero attached hydrogens (tertiary/aromatic N) is 2. The van der Waals surface area contributed by atoms with Crippen molar-refractivity contribution in [3.05, 3.63) is 30.6 Å². The average molecular weight is 192 g/mol. The molecule has 3 nitrogen and oxygen atoms in total. The average Bonchev–Trinajstić information content (AvgIpc) is 2.18. The first-order chi connectivity index (χ1) is 6.72. The van der Waals surface area contributed by atoms with Crippen LogP contribution >= 0.6 is 0 Å². The molecule has 0 fully saturated rings. The van der Waals surface area contributed by atoms with E-state index in [1.54, 1.807) is 12.3 Å². The number of hydrogen-bond donors (Lipinski definition) is 0. The van der Waals surface area contributed by atoms with E-state index in [9.17, 15) is 0 Å². The molecule has 0 aliphatic rings. The molecule has 0 aliphatic carbocycles. The van der Waals surface area contributed by atoms with E-state index in [1.807, 2.05) is 26.2 Å². The quantitative estimate of drug-likeness (QED) is 0.709. The molecule has 3 heteroatoms. The van der Waals surface area contributed by atoms with Gasteiger partial charge in [0.1, 0.15) is 12.4 Å². The molecule has 0 aromatic carbocycles. The van der Waals surface area contributed by atoms with Gasteiger partial charge in [0, 0.05) is 6.54 Å². The van der Waals surface area contributed by atoms with Crippen molar-refractivity contribution < 1.29 is 4.74 Å². The van der Waals surface area contributed by atoms with Gasteiger partial charge in [0.05, 0.1) is 11.9 Å². The molecule has 0 atom stereocenters. The molecule has 0 aliphatic heterocycles. The Balaban J connectivity index is 2.40. The van der Waals surface area contributed by atoms with Gasteiger partial charge in [0.2, 0.25) is 0 Å². The maximum Gasteiger partial charge on any atom is 0.137 e. The highest BCUT2D eigenvalue weighted by atomic mass is 16.5. The molecule has 1 heterocycles. The molecule has 0 saturated carbocycles. The summed E-state index contributed by atoms with van der Waals surface area (Å²) in [5.41, 5.74) is 0.866. The van der Waals surface area contributed by atoms with Gasteiger partial charge in [-0.05, 0) is 32.3 Å². The third-order valence-corrected chi connectivity index (χ3v) is 1.78. The second-order valence-corrected chi connectivity index (χ2v) is 3.27. The van der Waals surface area contributed by atoms with Crippen molar-refractivity contribution in [2.24, 2.45) is 0 Å². The topological polar surface area (TPSA) is 25.4 Å². The fourth-order valence-corrected chi connectivity index (χ4v) is 0.944. The third kappa shape index (κ3) is 3.58. The van der Waals surface area contributed by atoms with Gasteiger partial charge in [-0.1, -0.05) is 6.58 Å². The molecule has 0 amide bonds. The highest BCUT2D eigenvalue weighted by Crippen LogP contribution is 2.09. The predicted molar refractivity (Wildman–Crippen MR) is 58.4 cm³/mol. The van der Waals surface area contributed by atoms with Gasteiger partial charge < -0.3 is 9.64 Å². The SMILES string of the molecule is C=Cc1ccc(OCCN(C)C)cn1. The lowest BCUT2D eigenvalue weighted by molar-refractivity contribution is 0.260. The first-order valence-corrected chi connectivity index (χ1v) is 4.58. The minimum atomic E-state index is 0.683. The van der Waals surface area contributed by atoms with Gasteiger partial charge in [-0.2, -0.15) is 0 Å².